The van der Waals surface area contributed by atoms with Crippen molar-refractivity contribution in [3.8, 4) is 0 Å². The quantitative estimate of drug-likeness (QED) is 0.690. The van der Waals surface area contributed by atoms with Crippen molar-refractivity contribution in [2.24, 2.45) is 7.05 Å². The van der Waals surface area contributed by atoms with Gasteiger partial charge in [-0.05, 0) is 24.8 Å². The summed E-state index contributed by atoms with van der Waals surface area (Å²) < 4.78 is 1.71. The Morgan fingerprint density at radius 1 is 1.36 bits per heavy atom. The van der Waals surface area contributed by atoms with Crippen molar-refractivity contribution >= 4 is 17.4 Å². The molecule has 2 aromatic rings. The Labute approximate surface area is 127 Å². The fourth-order valence-electron chi connectivity index (χ4n) is 2.77. The molecule has 1 amide bonds. The molecule has 1 aliphatic rings. The molecule has 1 aromatic carbocycles. The van der Waals surface area contributed by atoms with E-state index in [1.54, 1.807) is 16.8 Å². The van der Waals surface area contributed by atoms with Crippen LogP contribution >= 0.6 is 0 Å². The van der Waals surface area contributed by atoms with Crippen LogP contribution in [-0.4, -0.2) is 20.6 Å². The van der Waals surface area contributed by atoms with Crippen LogP contribution in [0.1, 0.15) is 23.2 Å². The average Bonchev–Trinajstić information content (AvgIpc) is 3.03. The molecular weight excluding hydrogens is 284 g/mol. The van der Waals surface area contributed by atoms with E-state index in [1.165, 1.54) is 12.1 Å². The molecule has 0 saturated heterocycles. The van der Waals surface area contributed by atoms with Crippen molar-refractivity contribution in [1.29, 1.82) is 0 Å². The first-order valence-electron chi connectivity index (χ1n) is 7.12. The number of rotatable bonds is 4. The van der Waals surface area contributed by atoms with Crippen LogP contribution in [0, 0.1) is 10.1 Å². The average molecular weight is 300 g/mol. The molecule has 0 atom stereocenters. The van der Waals surface area contributed by atoms with Crippen molar-refractivity contribution in [2.75, 3.05) is 5.32 Å². The molecule has 3 rings (SSSR count). The first-order valence-corrected chi connectivity index (χ1v) is 7.12. The van der Waals surface area contributed by atoms with Gasteiger partial charge < -0.3 is 5.32 Å². The number of benzene rings is 1. The minimum absolute atomic E-state index is 0.0219. The number of fused-ring (bicyclic) bond motifs is 1. The van der Waals surface area contributed by atoms with Crippen LogP contribution in [0.25, 0.3) is 0 Å². The number of amides is 1. The van der Waals surface area contributed by atoms with E-state index < -0.39 is 4.92 Å². The molecule has 1 heterocycles. The third kappa shape index (κ3) is 2.69. The zero-order valence-corrected chi connectivity index (χ0v) is 12.2. The zero-order valence-electron chi connectivity index (χ0n) is 12.2. The van der Waals surface area contributed by atoms with E-state index in [0.717, 1.165) is 41.9 Å². The molecule has 1 N–H and O–H groups in total. The Hall–Kier alpha value is -2.70. The summed E-state index contributed by atoms with van der Waals surface area (Å²) in [7, 11) is 1.82. The minimum atomic E-state index is -0.456. The first kappa shape index (κ1) is 14.2. The lowest BCUT2D eigenvalue weighted by molar-refractivity contribution is -0.384. The molecule has 7 nitrogen and oxygen atoms in total. The number of hydrogen-bond acceptors (Lipinski definition) is 4. The summed E-state index contributed by atoms with van der Waals surface area (Å²) in [6.07, 6.45) is 3.15. The number of hydrogen-bond donors (Lipinski definition) is 1. The number of nitrogens with one attached hydrogen (secondary N) is 1. The van der Waals surface area contributed by atoms with E-state index in [0.29, 0.717) is 0 Å². The number of nitro groups is 1. The molecule has 0 fully saturated rings. The summed E-state index contributed by atoms with van der Waals surface area (Å²) in [5, 5.41) is 17.9. The molecular formula is C15H16N4O3. The topological polar surface area (TPSA) is 90.1 Å². The Morgan fingerprint density at radius 2 is 2.09 bits per heavy atom. The highest BCUT2D eigenvalue weighted by Gasteiger charge is 2.22. The standard InChI is InChI=1S/C15H16N4O3/c1-18-15(12-3-2-4-13(12)17-18)16-14(20)9-10-5-7-11(8-6-10)19(21)22/h5-8H,2-4,9H2,1H3,(H,16,20). The zero-order chi connectivity index (χ0) is 15.7. The lowest BCUT2D eigenvalue weighted by Crippen LogP contribution is -2.17. The van der Waals surface area contributed by atoms with Gasteiger partial charge in [-0.1, -0.05) is 12.1 Å². The predicted octanol–water partition coefficient (Wildman–Crippen LogP) is 2.00. The lowest BCUT2D eigenvalue weighted by Gasteiger charge is -2.07. The summed E-state index contributed by atoms with van der Waals surface area (Å²) in [6.45, 7) is 0. The number of nitrogens with zero attached hydrogens (tertiary/aromatic N) is 3. The number of carbonyl (C=O) groups excluding carboxylic acids is 1. The van der Waals surface area contributed by atoms with Crippen molar-refractivity contribution in [3.63, 3.8) is 0 Å². The van der Waals surface area contributed by atoms with Gasteiger partial charge in [0.25, 0.3) is 5.69 Å². The monoisotopic (exact) mass is 300 g/mol. The minimum Gasteiger partial charge on any atom is -0.310 e. The molecule has 0 spiro atoms. The van der Waals surface area contributed by atoms with Crippen molar-refractivity contribution in [3.05, 3.63) is 51.2 Å². The van der Waals surface area contributed by atoms with Crippen LogP contribution in [0.5, 0.6) is 0 Å². The van der Waals surface area contributed by atoms with Crippen LogP contribution < -0.4 is 5.32 Å². The molecule has 0 unspecified atom stereocenters. The van der Waals surface area contributed by atoms with Crippen molar-refractivity contribution in [2.45, 2.75) is 25.7 Å². The van der Waals surface area contributed by atoms with Gasteiger partial charge in [-0.25, -0.2) is 0 Å². The van der Waals surface area contributed by atoms with Crippen LogP contribution in [0.15, 0.2) is 24.3 Å². The molecule has 1 aromatic heterocycles. The summed E-state index contributed by atoms with van der Waals surface area (Å²) in [5.41, 5.74) is 2.95. The molecule has 7 heteroatoms. The number of aromatic nitrogens is 2. The van der Waals surface area contributed by atoms with E-state index in [2.05, 4.69) is 10.4 Å². The molecule has 0 bridgehead atoms. The van der Waals surface area contributed by atoms with Gasteiger partial charge in [-0.2, -0.15) is 5.10 Å². The van der Waals surface area contributed by atoms with Crippen LogP contribution in [0.2, 0.25) is 0 Å². The summed E-state index contributed by atoms with van der Waals surface area (Å²) in [4.78, 5) is 22.3. The highest BCUT2D eigenvalue weighted by molar-refractivity contribution is 5.92. The number of nitro benzene ring substituents is 1. The predicted molar refractivity (Wildman–Crippen MR) is 80.7 cm³/mol. The second-order valence-electron chi connectivity index (χ2n) is 5.40. The fraction of sp³-hybridized carbons (Fsp3) is 0.333. The molecule has 0 saturated carbocycles. The van der Waals surface area contributed by atoms with E-state index >= 15 is 0 Å². The third-order valence-corrected chi connectivity index (χ3v) is 3.84. The number of non-ortho nitro benzene ring substituents is 1. The lowest BCUT2D eigenvalue weighted by atomic mass is 10.1. The van der Waals surface area contributed by atoms with Crippen LogP contribution in [0.4, 0.5) is 11.5 Å². The van der Waals surface area contributed by atoms with E-state index in [4.69, 9.17) is 0 Å². The second kappa shape index (κ2) is 5.59. The normalized spacial score (nSPS) is 13.0. The van der Waals surface area contributed by atoms with Gasteiger partial charge in [0.1, 0.15) is 5.82 Å². The number of carbonyl (C=O) groups is 1. The molecule has 22 heavy (non-hydrogen) atoms. The Balaban J connectivity index is 1.69. The number of anilines is 1. The Kier molecular flexibility index (Phi) is 3.62. The third-order valence-electron chi connectivity index (χ3n) is 3.84. The highest BCUT2D eigenvalue weighted by atomic mass is 16.6. The summed E-state index contributed by atoms with van der Waals surface area (Å²) in [5.74, 6) is 0.617. The maximum absolute atomic E-state index is 12.2. The second-order valence-corrected chi connectivity index (χ2v) is 5.40. The van der Waals surface area contributed by atoms with Gasteiger partial charge in [-0.15, -0.1) is 0 Å². The smallest absolute Gasteiger partial charge is 0.269 e. The van der Waals surface area contributed by atoms with Gasteiger partial charge in [-0.3, -0.25) is 19.6 Å². The molecule has 114 valence electrons. The summed E-state index contributed by atoms with van der Waals surface area (Å²) >= 11 is 0. The first-order chi connectivity index (χ1) is 10.5. The van der Waals surface area contributed by atoms with E-state index in [9.17, 15) is 14.9 Å². The highest BCUT2D eigenvalue weighted by Crippen LogP contribution is 2.28. The molecule has 0 radical (unpaired) electrons. The van der Waals surface area contributed by atoms with Gasteiger partial charge in [0.15, 0.2) is 0 Å². The molecule has 1 aliphatic carbocycles. The van der Waals surface area contributed by atoms with E-state index in [1.807, 2.05) is 7.05 Å². The van der Waals surface area contributed by atoms with Gasteiger partial charge in [0.05, 0.1) is 17.0 Å². The Morgan fingerprint density at radius 3 is 2.77 bits per heavy atom. The largest absolute Gasteiger partial charge is 0.310 e. The molecule has 0 aliphatic heterocycles. The maximum atomic E-state index is 12.2. The van der Waals surface area contributed by atoms with Gasteiger partial charge in [0, 0.05) is 24.7 Å². The van der Waals surface area contributed by atoms with E-state index in [-0.39, 0.29) is 18.0 Å². The SMILES string of the molecule is Cn1nc2c(c1NC(=O)Cc1ccc([N+](=O)[O-])cc1)CCC2. The van der Waals surface area contributed by atoms with Crippen molar-refractivity contribution in [1.82, 2.24) is 9.78 Å². The van der Waals surface area contributed by atoms with Gasteiger partial charge >= 0.3 is 0 Å². The van der Waals surface area contributed by atoms with Crippen LogP contribution in [0.3, 0.4) is 0 Å². The van der Waals surface area contributed by atoms with Crippen LogP contribution in [-0.2, 0) is 31.1 Å². The number of aryl methyl sites for hydroxylation is 2. The fourth-order valence-corrected chi connectivity index (χ4v) is 2.77. The van der Waals surface area contributed by atoms with Gasteiger partial charge in [0.2, 0.25) is 5.91 Å². The maximum Gasteiger partial charge on any atom is 0.269 e. The Bertz CT molecular complexity index is 734. The summed E-state index contributed by atoms with van der Waals surface area (Å²) in [6, 6.07) is 6.02. The van der Waals surface area contributed by atoms with Crippen molar-refractivity contribution < 1.29 is 9.72 Å².